The first kappa shape index (κ1) is 21.7. The van der Waals surface area contributed by atoms with Gasteiger partial charge in [0, 0.05) is 6.54 Å². The van der Waals surface area contributed by atoms with E-state index in [0.29, 0.717) is 27.8 Å². The van der Waals surface area contributed by atoms with Crippen molar-refractivity contribution in [3.05, 3.63) is 75.4 Å². The van der Waals surface area contributed by atoms with Gasteiger partial charge in [-0.15, -0.1) is 16.4 Å². The molecule has 1 amide bonds. The summed E-state index contributed by atoms with van der Waals surface area (Å²) in [7, 11) is 1.62. The molecule has 8 heteroatoms. The fourth-order valence-electron chi connectivity index (χ4n) is 3.38. The Morgan fingerprint density at radius 3 is 2.66 bits per heavy atom. The standard InChI is InChI=1S/C24H25N5O2S/c1-14-9-10-19(11-15(14)2)29-17(4)21(27-28-29)24-26-16(3)22(32-24)23(30)25-13-18-7-6-8-20(12-18)31-5/h6-12H,13H2,1-5H3,(H,25,30). The molecule has 4 aromatic rings. The predicted octanol–water partition coefficient (Wildman–Crippen LogP) is 4.56. The van der Waals surface area contributed by atoms with Gasteiger partial charge in [-0.05, 0) is 68.7 Å². The number of methoxy groups -OCH3 is 1. The molecule has 0 radical (unpaired) electrons. The predicted molar refractivity (Wildman–Crippen MR) is 126 cm³/mol. The third-order valence-electron chi connectivity index (χ3n) is 5.42. The minimum Gasteiger partial charge on any atom is -0.497 e. The van der Waals surface area contributed by atoms with Crippen LogP contribution in [0.1, 0.15) is 37.7 Å². The van der Waals surface area contributed by atoms with Crippen molar-refractivity contribution in [1.82, 2.24) is 25.3 Å². The number of thiazole rings is 1. The highest BCUT2D eigenvalue weighted by molar-refractivity contribution is 7.17. The second kappa shape index (κ2) is 8.92. The Morgan fingerprint density at radius 2 is 1.91 bits per heavy atom. The van der Waals surface area contributed by atoms with Crippen molar-refractivity contribution in [2.24, 2.45) is 0 Å². The second-order valence-electron chi connectivity index (χ2n) is 7.67. The summed E-state index contributed by atoms with van der Waals surface area (Å²) in [4.78, 5) is 18.0. The molecule has 0 aliphatic rings. The minimum atomic E-state index is -0.159. The summed E-state index contributed by atoms with van der Waals surface area (Å²) >= 11 is 1.33. The fraction of sp³-hybridized carbons (Fsp3) is 0.250. The molecule has 0 bridgehead atoms. The molecular formula is C24H25N5O2S. The van der Waals surface area contributed by atoms with Crippen molar-refractivity contribution >= 4 is 17.2 Å². The number of nitrogens with zero attached hydrogens (tertiary/aromatic N) is 4. The van der Waals surface area contributed by atoms with Crippen LogP contribution in [0.2, 0.25) is 0 Å². The van der Waals surface area contributed by atoms with E-state index in [1.165, 1.54) is 22.5 Å². The van der Waals surface area contributed by atoms with Crippen LogP contribution in [0.15, 0.2) is 42.5 Å². The van der Waals surface area contributed by atoms with Crippen LogP contribution in [-0.4, -0.2) is 33.0 Å². The largest absolute Gasteiger partial charge is 0.497 e. The van der Waals surface area contributed by atoms with Crippen LogP contribution in [0.25, 0.3) is 16.4 Å². The van der Waals surface area contributed by atoms with Crippen LogP contribution >= 0.6 is 11.3 Å². The lowest BCUT2D eigenvalue weighted by atomic mass is 10.1. The van der Waals surface area contributed by atoms with Crippen molar-refractivity contribution in [2.45, 2.75) is 34.2 Å². The lowest BCUT2D eigenvalue weighted by Crippen LogP contribution is -2.22. The van der Waals surface area contributed by atoms with E-state index in [0.717, 1.165) is 22.7 Å². The van der Waals surface area contributed by atoms with Crippen molar-refractivity contribution in [3.63, 3.8) is 0 Å². The van der Waals surface area contributed by atoms with Gasteiger partial charge in [0.25, 0.3) is 5.91 Å². The summed E-state index contributed by atoms with van der Waals surface area (Å²) in [5.41, 5.74) is 6.58. The first-order valence-electron chi connectivity index (χ1n) is 10.3. The molecule has 0 aliphatic heterocycles. The molecule has 0 saturated carbocycles. The summed E-state index contributed by atoms with van der Waals surface area (Å²) in [6, 6.07) is 13.8. The number of aromatic nitrogens is 4. The number of carbonyl (C=O) groups is 1. The van der Waals surface area contributed by atoms with Crippen molar-refractivity contribution in [1.29, 1.82) is 0 Å². The molecule has 2 aromatic carbocycles. The molecule has 1 N–H and O–H groups in total. The monoisotopic (exact) mass is 447 g/mol. The third kappa shape index (κ3) is 4.27. The number of benzene rings is 2. The summed E-state index contributed by atoms with van der Waals surface area (Å²) in [5.74, 6) is 0.601. The quantitative estimate of drug-likeness (QED) is 0.468. The molecule has 0 spiro atoms. The Labute approximate surface area is 191 Å². The van der Waals surface area contributed by atoms with Crippen molar-refractivity contribution in [3.8, 4) is 22.1 Å². The molecule has 0 saturated heterocycles. The molecule has 0 aliphatic carbocycles. The maximum atomic E-state index is 12.8. The van der Waals surface area contributed by atoms with E-state index in [9.17, 15) is 4.79 Å². The van der Waals surface area contributed by atoms with E-state index in [-0.39, 0.29) is 5.91 Å². The molecule has 0 fully saturated rings. The number of ether oxygens (including phenoxy) is 1. The summed E-state index contributed by atoms with van der Waals surface area (Å²) in [6.07, 6.45) is 0. The number of hydrogen-bond acceptors (Lipinski definition) is 6. The Balaban J connectivity index is 1.55. The van der Waals surface area contributed by atoms with E-state index in [4.69, 9.17) is 4.74 Å². The van der Waals surface area contributed by atoms with E-state index >= 15 is 0 Å². The van der Waals surface area contributed by atoms with Gasteiger partial charge < -0.3 is 10.1 Å². The first-order chi connectivity index (χ1) is 15.4. The van der Waals surface area contributed by atoms with Crippen molar-refractivity contribution < 1.29 is 9.53 Å². The number of aryl methyl sites for hydroxylation is 3. The van der Waals surface area contributed by atoms with Gasteiger partial charge >= 0.3 is 0 Å². The molecule has 32 heavy (non-hydrogen) atoms. The highest BCUT2D eigenvalue weighted by Crippen LogP contribution is 2.30. The van der Waals surface area contributed by atoms with Crippen LogP contribution in [0.4, 0.5) is 0 Å². The lowest BCUT2D eigenvalue weighted by Gasteiger charge is -2.06. The smallest absolute Gasteiger partial charge is 0.263 e. The van der Waals surface area contributed by atoms with Crippen LogP contribution in [-0.2, 0) is 6.54 Å². The van der Waals surface area contributed by atoms with Gasteiger partial charge in [-0.3, -0.25) is 4.79 Å². The van der Waals surface area contributed by atoms with E-state index < -0.39 is 0 Å². The molecule has 7 nitrogen and oxygen atoms in total. The average Bonchev–Trinajstić information content (AvgIpc) is 3.36. The summed E-state index contributed by atoms with van der Waals surface area (Å²) in [5, 5.41) is 12.3. The van der Waals surface area contributed by atoms with Gasteiger partial charge in [-0.1, -0.05) is 23.4 Å². The first-order valence-corrected chi connectivity index (χ1v) is 11.1. The zero-order valence-corrected chi connectivity index (χ0v) is 19.6. The Bertz CT molecular complexity index is 1290. The van der Waals surface area contributed by atoms with Gasteiger partial charge in [0.1, 0.15) is 21.3 Å². The van der Waals surface area contributed by atoms with Crippen LogP contribution in [0.5, 0.6) is 5.75 Å². The Morgan fingerprint density at radius 1 is 1.09 bits per heavy atom. The van der Waals surface area contributed by atoms with Gasteiger partial charge in [-0.25, -0.2) is 9.67 Å². The highest BCUT2D eigenvalue weighted by atomic mass is 32.1. The molecule has 2 heterocycles. The van der Waals surface area contributed by atoms with Gasteiger partial charge in [0.2, 0.25) is 0 Å². The Kier molecular flexibility index (Phi) is 6.05. The maximum absolute atomic E-state index is 12.8. The summed E-state index contributed by atoms with van der Waals surface area (Å²) in [6.45, 7) is 8.36. The molecule has 4 rings (SSSR count). The number of hydrogen-bond donors (Lipinski definition) is 1. The second-order valence-corrected chi connectivity index (χ2v) is 8.67. The lowest BCUT2D eigenvalue weighted by molar-refractivity contribution is 0.0954. The minimum absolute atomic E-state index is 0.159. The van der Waals surface area contributed by atoms with Crippen molar-refractivity contribution in [2.75, 3.05) is 7.11 Å². The zero-order valence-electron chi connectivity index (χ0n) is 18.8. The van der Waals surface area contributed by atoms with Crippen LogP contribution in [0, 0.1) is 27.7 Å². The summed E-state index contributed by atoms with van der Waals surface area (Å²) < 4.78 is 7.05. The number of carbonyl (C=O) groups excluding carboxylic acids is 1. The van der Waals surface area contributed by atoms with Crippen LogP contribution < -0.4 is 10.1 Å². The van der Waals surface area contributed by atoms with E-state index in [1.807, 2.05) is 44.2 Å². The molecule has 2 aromatic heterocycles. The SMILES string of the molecule is COc1cccc(CNC(=O)c2sc(-c3nnn(-c4ccc(C)c(C)c4)c3C)nc2C)c1. The third-order valence-corrected chi connectivity index (χ3v) is 6.59. The maximum Gasteiger partial charge on any atom is 0.263 e. The molecule has 0 unspecified atom stereocenters. The number of rotatable bonds is 6. The molecular weight excluding hydrogens is 422 g/mol. The van der Waals surface area contributed by atoms with Gasteiger partial charge in [0.15, 0.2) is 0 Å². The molecule has 164 valence electrons. The van der Waals surface area contributed by atoms with Gasteiger partial charge in [-0.2, -0.15) is 0 Å². The van der Waals surface area contributed by atoms with Crippen LogP contribution in [0.3, 0.4) is 0 Å². The number of amides is 1. The van der Waals surface area contributed by atoms with E-state index in [1.54, 1.807) is 11.8 Å². The zero-order chi connectivity index (χ0) is 22.8. The van der Waals surface area contributed by atoms with E-state index in [2.05, 4.69) is 46.6 Å². The number of nitrogens with one attached hydrogen (secondary N) is 1. The topological polar surface area (TPSA) is 81.9 Å². The average molecular weight is 448 g/mol. The highest BCUT2D eigenvalue weighted by Gasteiger charge is 2.21. The molecule has 0 atom stereocenters. The fourth-order valence-corrected chi connectivity index (χ4v) is 4.40. The Hall–Kier alpha value is -3.52. The normalized spacial score (nSPS) is 10.9. The van der Waals surface area contributed by atoms with Gasteiger partial charge in [0.05, 0.1) is 24.2 Å².